The van der Waals surface area contributed by atoms with Gasteiger partial charge < -0.3 is 10.4 Å². The lowest BCUT2D eigenvalue weighted by atomic mass is 10.2. The highest BCUT2D eigenvalue weighted by Crippen LogP contribution is 2.36. The molecule has 1 amide bonds. The summed E-state index contributed by atoms with van der Waals surface area (Å²) in [5.74, 6) is -1.52. The smallest absolute Gasteiger partial charge is 0.337 e. The topological polar surface area (TPSA) is 101 Å². The zero-order chi connectivity index (χ0) is 22.9. The van der Waals surface area contributed by atoms with Gasteiger partial charge in [-0.2, -0.15) is 0 Å². The van der Waals surface area contributed by atoms with Crippen molar-refractivity contribution in [3.8, 4) is 5.69 Å². The molecule has 4 aromatic rings. The molecule has 2 N–H and O–H groups in total. The summed E-state index contributed by atoms with van der Waals surface area (Å²) in [6, 6.07) is 15.5. The maximum atomic E-state index is 13.6. The Morgan fingerprint density at radius 1 is 1.09 bits per heavy atom. The molecule has 0 fully saturated rings. The van der Waals surface area contributed by atoms with Crippen LogP contribution in [0, 0.1) is 0 Å². The minimum atomic E-state index is -1.12. The summed E-state index contributed by atoms with van der Waals surface area (Å²) in [7, 11) is 0. The second-order valence-electron chi connectivity index (χ2n) is 7.60. The van der Waals surface area contributed by atoms with Crippen molar-refractivity contribution in [1.82, 2.24) is 9.55 Å². The lowest BCUT2D eigenvalue weighted by Gasteiger charge is -2.13. The summed E-state index contributed by atoms with van der Waals surface area (Å²) in [5, 5.41) is 13.1. The first-order valence-electron chi connectivity index (χ1n) is 10.4. The van der Waals surface area contributed by atoms with Crippen LogP contribution in [-0.4, -0.2) is 32.3 Å². The Morgan fingerprint density at radius 3 is 2.64 bits per heavy atom. The third-order valence-corrected chi connectivity index (χ3v) is 7.61. The van der Waals surface area contributed by atoms with E-state index in [-0.39, 0.29) is 28.5 Å². The van der Waals surface area contributed by atoms with Crippen LogP contribution < -0.4 is 10.9 Å². The van der Waals surface area contributed by atoms with Crippen molar-refractivity contribution in [2.24, 2.45) is 0 Å². The van der Waals surface area contributed by atoms with Gasteiger partial charge in [0.2, 0.25) is 5.91 Å². The summed E-state index contributed by atoms with van der Waals surface area (Å²) < 4.78 is 1.57. The number of fused-ring (bicyclic) bond motifs is 3. The molecule has 2 aromatic carbocycles. The highest BCUT2D eigenvalue weighted by Gasteiger charge is 2.24. The molecule has 0 radical (unpaired) electrons. The quantitative estimate of drug-likeness (QED) is 0.316. The van der Waals surface area contributed by atoms with E-state index >= 15 is 0 Å². The molecular weight excluding hydrogens is 458 g/mol. The van der Waals surface area contributed by atoms with Crippen molar-refractivity contribution in [3.05, 3.63) is 81.0 Å². The zero-order valence-electron chi connectivity index (χ0n) is 17.4. The first-order chi connectivity index (χ1) is 16.0. The maximum Gasteiger partial charge on any atom is 0.337 e. The van der Waals surface area contributed by atoms with Crippen molar-refractivity contribution in [2.45, 2.75) is 24.4 Å². The fourth-order valence-corrected chi connectivity index (χ4v) is 6.14. The van der Waals surface area contributed by atoms with Crippen molar-refractivity contribution < 1.29 is 14.7 Å². The number of hydrogen-bond acceptors (Lipinski definition) is 6. The van der Waals surface area contributed by atoms with E-state index in [0.717, 1.165) is 36.6 Å². The first kappa shape index (κ1) is 21.4. The molecule has 9 heteroatoms. The van der Waals surface area contributed by atoms with Crippen molar-refractivity contribution in [1.29, 1.82) is 0 Å². The van der Waals surface area contributed by atoms with Crippen LogP contribution in [0.1, 0.15) is 27.2 Å². The average Bonchev–Trinajstić information content (AvgIpc) is 3.39. The molecular formula is C24H19N3O4S2. The summed E-state index contributed by atoms with van der Waals surface area (Å²) in [6.07, 6.45) is 2.91. The number of aryl methyl sites for hydroxylation is 2. The van der Waals surface area contributed by atoms with Crippen LogP contribution in [0.5, 0.6) is 0 Å². The highest BCUT2D eigenvalue weighted by atomic mass is 32.2. The molecule has 33 heavy (non-hydrogen) atoms. The SMILES string of the molecule is O=C(CSc1nc2sc3c(c2c(=O)n1-c1ccccc1)CCC3)Nc1ccccc1C(=O)O. The second-order valence-corrected chi connectivity index (χ2v) is 9.62. The van der Waals surface area contributed by atoms with Crippen molar-refractivity contribution in [2.75, 3.05) is 11.1 Å². The molecule has 0 spiro atoms. The predicted octanol–water partition coefficient (Wildman–Crippen LogP) is 4.36. The molecule has 0 saturated heterocycles. The fourth-order valence-electron chi connectivity index (χ4n) is 4.02. The molecule has 0 aliphatic heterocycles. The van der Waals surface area contributed by atoms with Crippen LogP contribution in [0.25, 0.3) is 15.9 Å². The number of anilines is 1. The second kappa shape index (κ2) is 8.84. The van der Waals surface area contributed by atoms with Gasteiger partial charge in [0.1, 0.15) is 4.83 Å². The average molecular weight is 478 g/mol. The van der Waals surface area contributed by atoms with Crippen molar-refractivity contribution >= 4 is 50.9 Å². The van der Waals surface area contributed by atoms with Gasteiger partial charge in [-0.1, -0.05) is 42.1 Å². The molecule has 1 aliphatic carbocycles. The van der Waals surface area contributed by atoms with E-state index in [1.54, 1.807) is 34.1 Å². The fraction of sp³-hybridized carbons (Fsp3) is 0.167. The van der Waals surface area contributed by atoms with Gasteiger partial charge in [-0.25, -0.2) is 9.78 Å². The number of thiophene rings is 1. The molecule has 1 aliphatic rings. The van der Waals surface area contributed by atoms with E-state index in [2.05, 4.69) is 5.32 Å². The summed E-state index contributed by atoms with van der Waals surface area (Å²) in [6.45, 7) is 0. The number of carbonyl (C=O) groups excluding carboxylic acids is 1. The third-order valence-electron chi connectivity index (χ3n) is 5.49. The van der Waals surface area contributed by atoms with Crippen LogP contribution in [0.15, 0.2) is 64.5 Å². The van der Waals surface area contributed by atoms with Crippen LogP contribution in [0.4, 0.5) is 5.69 Å². The Hall–Kier alpha value is -3.43. The molecule has 166 valence electrons. The van der Waals surface area contributed by atoms with Gasteiger partial charge >= 0.3 is 5.97 Å². The molecule has 0 unspecified atom stereocenters. The monoisotopic (exact) mass is 477 g/mol. The van der Waals surface area contributed by atoms with Crippen LogP contribution >= 0.6 is 23.1 Å². The minimum absolute atomic E-state index is 0.0182. The number of amides is 1. The Bertz CT molecular complexity index is 1440. The van der Waals surface area contributed by atoms with E-state index in [1.165, 1.54) is 10.9 Å². The standard InChI is InChI=1S/C24H19N3O4S2/c28-19(25-17-11-5-4-9-15(17)23(30)31)13-32-24-26-21-20(16-10-6-12-18(16)33-21)22(29)27(24)14-7-2-1-3-8-14/h1-5,7-9,11H,6,10,12-13H2,(H,25,28)(H,30,31). The lowest BCUT2D eigenvalue weighted by molar-refractivity contribution is -0.113. The van der Waals surface area contributed by atoms with Gasteiger partial charge in [0.15, 0.2) is 5.16 Å². The van der Waals surface area contributed by atoms with E-state index in [1.807, 2.05) is 30.3 Å². The Labute approximate surface area is 197 Å². The van der Waals surface area contributed by atoms with Crippen molar-refractivity contribution in [3.63, 3.8) is 0 Å². The number of nitrogens with zero attached hydrogens (tertiary/aromatic N) is 2. The molecule has 2 aromatic heterocycles. The number of carboxylic acids is 1. The van der Waals surface area contributed by atoms with E-state index in [9.17, 15) is 19.5 Å². The number of nitrogens with one attached hydrogen (secondary N) is 1. The third kappa shape index (κ3) is 4.05. The summed E-state index contributed by atoms with van der Waals surface area (Å²) >= 11 is 2.71. The van der Waals surface area contributed by atoms with Gasteiger partial charge in [-0.15, -0.1) is 11.3 Å². The molecule has 0 bridgehead atoms. The largest absolute Gasteiger partial charge is 0.478 e. The molecule has 0 atom stereocenters. The highest BCUT2D eigenvalue weighted by molar-refractivity contribution is 7.99. The van der Waals surface area contributed by atoms with Crippen LogP contribution in [0.2, 0.25) is 0 Å². The molecule has 7 nitrogen and oxygen atoms in total. The maximum absolute atomic E-state index is 13.6. The van der Waals surface area contributed by atoms with Gasteiger partial charge in [-0.3, -0.25) is 14.2 Å². The lowest BCUT2D eigenvalue weighted by Crippen LogP contribution is -2.23. The number of para-hydroxylation sites is 2. The minimum Gasteiger partial charge on any atom is -0.478 e. The molecule has 2 heterocycles. The number of aromatic carboxylic acids is 1. The Kier molecular flexibility index (Phi) is 5.74. The van der Waals surface area contributed by atoms with Crippen LogP contribution in [-0.2, 0) is 17.6 Å². The molecule has 0 saturated carbocycles. The number of thioether (sulfide) groups is 1. The van der Waals surface area contributed by atoms with E-state index < -0.39 is 5.97 Å². The Balaban J connectivity index is 1.49. The van der Waals surface area contributed by atoms with Gasteiger partial charge in [-0.05, 0) is 49.1 Å². The van der Waals surface area contributed by atoms with Gasteiger partial charge in [0, 0.05) is 4.88 Å². The number of benzene rings is 2. The van der Waals surface area contributed by atoms with E-state index in [4.69, 9.17) is 4.98 Å². The first-order valence-corrected chi connectivity index (χ1v) is 12.2. The van der Waals surface area contributed by atoms with E-state index in [0.29, 0.717) is 21.1 Å². The normalized spacial score (nSPS) is 12.6. The number of carboxylic acid groups (broad SMARTS) is 1. The number of hydrogen-bond donors (Lipinski definition) is 2. The predicted molar refractivity (Wildman–Crippen MR) is 130 cm³/mol. The Morgan fingerprint density at radius 2 is 1.85 bits per heavy atom. The van der Waals surface area contributed by atoms with Crippen LogP contribution in [0.3, 0.4) is 0 Å². The number of aromatic nitrogens is 2. The molecule has 5 rings (SSSR count). The summed E-state index contributed by atoms with van der Waals surface area (Å²) in [5.41, 5.74) is 1.93. The van der Waals surface area contributed by atoms with Gasteiger partial charge in [0.25, 0.3) is 5.56 Å². The van der Waals surface area contributed by atoms with Gasteiger partial charge in [0.05, 0.1) is 28.1 Å². The summed E-state index contributed by atoms with van der Waals surface area (Å²) in [4.78, 5) is 44.3. The number of rotatable bonds is 6. The number of carbonyl (C=O) groups is 2. The zero-order valence-corrected chi connectivity index (χ0v) is 19.0.